The van der Waals surface area contributed by atoms with Crippen LogP contribution in [0.3, 0.4) is 0 Å². The van der Waals surface area contributed by atoms with Crippen LogP contribution in [0.4, 0.5) is 4.79 Å². The van der Waals surface area contributed by atoms with Crippen molar-refractivity contribution in [3.63, 3.8) is 0 Å². The SMILES string of the molecule is NC(=O)N/N=C(/C[C@H]1OC(=O)c2ccccc21)c1ccc2ccccc2c1. The summed E-state index contributed by atoms with van der Waals surface area (Å²) in [6.07, 6.45) is -0.143. The quantitative estimate of drug-likeness (QED) is 0.424. The smallest absolute Gasteiger partial charge is 0.339 e. The number of benzene rings is 3. The van der Waals surface area contributed by atoms with Crippen molar-refractivity contribution in [3.8, 4) is 0 Å². The van der Waals surface area contributed by atoms with Crippen LogP contribution in [0.5, 0.6) is 0 Å². The number of hydrogen-bond acceptors (Lipinski definition) is 4. The van der Waals surface area contributed by atoms with Gasteiger partial charge in [0.25, 0.3) is 0 Å². The number of urea groups is 1. The molecule has 0 spiro atoms. The molecule has 134 valence electrons. The number of nitrogens with two attached hydrogens (primary N) is 1. The van der Waals surface area contributed by atoms with Crippen LogP contribution < -0.4 is 11.2 Å². The fourth-order valence-electron chi connectivity index (χ4n) is 3.27. The normalized spacial score (nSPS) is 16.1. The van der Waals surface area contributed by atoms with E-state index in [9.17, 15) is 9.59 Å². The highest BCUT2D eigenvalue weighted by atomic mass is 16.5. The van der Waals surface area contributed by atoms with Crippen molar-refractivity contribution >= 4 is 28.5 Å². The Morgan fingerprint density at radius 2 is 1.78 bits per heavy atom. The number of fused-ring (bicyclic) bond motifs is 2. The molecule has 0 aliphatic carbocycles. The maximum absolute atomic E-state index is 12.1. The van der Waals surface area contributed by atoms with Gasteiger partial charge in [-0.1, -0.05) is 54.6 Å². The van der Waals surface area contributed by atoms with Crippen LogP contribution in [0.25, 0.3) is 10.8 Å². The van der Waals surface area contributed by atoms with Gasteiger partial charge in [0.05, 0.1) is 11.3 Å². The Hall–Kier alpha value is -3.67. The number of carbonyl (C=O) groups is 2. The fourth-order valence-corrected chi connectivity index (χ4v) is 3.27. The van der Waals surface area contributed by atoms with Gasteiger partial charge in [0.15, 0.2) is 0 Å². The standard InChI is InChI=1S/C21H17N3O3/c22-21(26)24-23-18(15-10-9-13-5-1-2-6-14(13)11-15)12-19-16-7-3-4-8-17(16)20(25)27-19/h1-11,19H,12H2,(H3,22,24,26)/b23-18-/t19-/m1/s1. The van der Waals surface area contributed by atoms with E-state index in [0.29, 0.717) is 17.7 Å². The Labute approximate surface area is 155 Å². The molecule has 3 aromatic carbocycles. The minimum Gasteiger partial charge on any atom is -0.453 e. The fraction of sp³-hybridized carbons (Fsp3) is 0.0952. The van der Waals surface area contributed by atoms with Crippen LogP contribution in [0.15, 0.2) is 71.8 Å². The van der Waals surface area contributed by atoms with Gasteiger partial charge < -0.3 is 10.5 Å². The summed E-state index contributed by atoms with van der Waals surface area (Å²) in [6, 6.07) is 20.4. The maximum Gasteiger partial charge on any atom is 0.339 e. The summed E-state index contributed by atoms with van der Waals surface area (Å²) in [5.74, 6) is -0.351. The highest BCUT2D eigenvalue weighted by molar-refractivity contribution is 6.05. The molecule has 0 radical (unpaired) electrons. The van der Waals surface area contributed by atoms with Gasteiger partial charge in [0.2, 0.25) is 0 Å². The van der Waals surface area contributed by atoms with Crippen molar-refractivity contribution in [1.82, 2.24) is 5.43 Å². The van der Waals surface area contributed by atoms with Gasteiger partial charge in [-0.3, -0.25) is 0 Å². The van der Waals surface area contributed by atoms with E-state index in [0.717, 1.165) is 21.9 Å². The summed E-state index contributed by atoms with van der Waals surface area (Å²) in [7, 11) is 0. The number of nitrogens with zero attached hydrogens (tertiary/aromatic N) is 1. The predicted molar refractivity (Wildman–Crippen MR) is 102 cm³/mol. The molecule has 0 saturated heterocycles. The molecule has 3 aromatic rings. The molecular weight excluding hydrogens is 342 g/mol. The number of ether oxygens (including phenoxy) is 1. The van der Waals surface area contributed by atoms with Crippen molar-refractivity contribution in [2.45, 2.75) is 12.5 Å². The zero-order valence-corrected chi connectivity index (χ0v) is 14.4. The highest BCUT2D eigenvalue weighted by Crippen LogP contribution is 2.34. The number of hydrazone groups is 1. The Kier molecular flexibility index (Phi) is 4.30. The first-order chi connectivity index (χ1) is 13.1. The molecule has 1 heterocycles. The first-order valence-corrected chi connectivity index (χ1v) is 8.53. The lowest BCUT2D eigenvalue weighted by Crippen LogP contribution is -2.26. The van der Waals surface area contributed by atoms with E-state index in [4.69, 9.17) is 10.5 Å². The Bertz CT molecular complexity index is 1070. The third-order valence-corrected chi connectivity index (χ3v) is 4.54. The van der Waals surface area contributed by atoms with E-state index < -0.39 is 12.1 Å². The Morgan fingerprint density at radius 3 is 2.59 bits per heavy atom. The van der Waals surface area contributed by atoms with Crippen molar-refractivity contribution in [1.29, 1.82) is 0 Å². The third-order valence-electron chi connectivity index (χ3n) is 4.54. The lowest BCUT2D eigenvalue weighted by molar-refractivity contribution is 0.0400. The molecule has 2 amide bonds. The number of hydrogen-bond donors (Lipinski definition) is 2. The minimum atomic E-state index is -0.753. The van der Waals surface area contributed by atoms with Crippen LogP contribution in [-0.2, 0) is 4.74 Å². The average molecular weight is 359 g/mol. The summed E-state index contributed by atoms with van der Waals surface area (Å²) in [4.78, 5) is 23.2. The molecule has 0 aromatic heterocycles. The zero-order valence-electron chi connectivity index (χ0n) is 14.4. The molecule has 6 heteroatoms. The molecule has 4 rings (SSSR count). The molecule has 1 atom stereocenters. The number of esters is 1. The number of carbonyl (C=O) groups excluding carboxylic acids is 2. The second-order valence-corrected chi connectivity index (χ2v) is 6.28. The maximum atomic E-state index is 12.1. The number of cyclic esters (lactones) is 1. The monoisotopic (exact) mass is 359 g/mol. The van der Waals surface area contributed by atoms with Gasteiger partial charge in [-0.2, -0.15) is 5.10 Å². The largest absolute Gasteiger partial charge is 0.453 e. The summed E-state index contributed by atoms with van der Waals surface area (Å²) in [5, 5.41) is 6.31. The van der Waals surface area contributed by atoms with Crippen LogP contribution in [0, 0.1) is 0 Å². The Balaban J connectivity index is 1.70. The molecule has 0 unspecified atom stereocenters. The number of nitrogens with one attached hydrogen (secondary N) is 1. The van der Waals surface area contributed by atoms with Crippen LogP contribution >= 0.6 is 0 Å². The molecule has 0 saturated carbocycles. The number of primary amides is 1. The Morgan fingerprint density at radius 1 is 1.04 bits per heavy atom. The van der Waals surface area contributed by atoms with Gasteiger partial charge >= 0.3 is 12.0 Å². The summed E-state index contributed by atoms with van der Waals surface area (Å²) < 4.78 is 5.51. The molecule has 0 fully saturated rings. The van der Waals surface area contributed by atoms with Crippen LogP contribution in [0.2, 0.25) is 0 Å². The van der Waals surface area contributed by atoms with Gasteiger partial charge in [-0.25, -0.2) is 15.0 Å². The van der Waals surface area contributed by atoms with Crippen molar-refractivity contribution in [2.75, 3.05) is 0 Å². The first kappa shape index (κ1) is 16.8. The second kappa shape index (κ2) is 6.92. The molecule has 1 aliphatic rings. The van der Waals surface area contributed by atoms with Crippen molar-refractivity contribution < 1.29 is 14.3 Å². The van der Waals surface area contributed by atoms with E-state index in [-0.39, 0.29) is 5.97 Å². The van der Waals surface area contributed by atoms with E-state index in [1.54, 1.807) is 12.1 Å². The van der Waals surface area contributed by atoms with Gasteiger partial charge in [0.1, 0.15) is 6.10 Å². The van der Waals surface area contributed by atoms with E-state index in [1.165, 1.54) is 0 Å². The van der Waals surface area contributed by atoms with Crippen molar-refractivity contribution in [2.24, 2.45) is 10.8 Å². The minimum absolute atomic E-state index is 0.321. The first-order valence-electron chi connectivity index (χ1n) is 8.53. The number of amides is 2. The van der Waals surface area contributed by atoms with Crippen LogP contribution in [-0.4, -0.2) is 17.7 Å². The van der Waals surface area contributed by atoms with E-state index in [2.05, 4.69) is 10.5 Å². The third kappa shape index (κ3) is 3.37. The molecular formula is C21H17N3O3. The molecule has 6 nitrogen and oxygen atoms in total. The lowest BCUT2D eigenvalue weighted by Gasteiger charge is -2.14. The van der Waals surface area contributed by atoms with Gasteiger partial charge in [-0.05, 0) is 28.5 Å². The predicted octanol–water partition coefficient (Wildman–Crippen LogP) is 3.51. The average Bonchev–Trinajstić information content (AvgIpc) is 3.00. The topological polar surface area (TPSA) is 93.8 Å². The lowest BCUT2D eigenvalue weighted by atomic mass is 9.96. The van der Waals surface area contributed by atoms with Gasteiger partial charge in [-0.15, -0.1) is 0 Å². The van der Waals surface area contributed by atoms with Gasteiger partial charge in [0, 0.05) is 12.0 Å². The molecule has 27 heavy (non-hydrogen) atoms. The molecule has 3 N–H and O–H groups in total. The highest BCUT2D eigenvalue weighted by Gasteiger charge is 2.31. The summed E-state index contributed by atoms with van der Waals surface area (Å²) in [5.41, 5.74) is 10.2. The summed E-state index contributed by atoms with van der Waals surface area (Å²) >= 11 is 0. The molecule has 0 bridgehead atoms. The summed E-state index contributed by atoms with van der Waals surface area (Å²) in [6.45, 7) is 0. The molecule has 1 aliphatic heterocycles. The van der Waals surface area contributed by atoms with E-state index in [1.807, 2.05) is 54.6 Å². The zero-order chi connectivity index (χ0) is 18.8. The van der Waals surface area contributed by atoms with Crippen LogP contribution in [0.1, 0.15) is 34.0 Å². The van der Waals surface area contributed by atoms with Crippen molar-refractivity contribution in [3.05, 3.63) is 83.4 Å². The number of rotatable bonds is 4. The van der Waals surface area contributed by atoms with E-state index >= 15 is 0 Å². The second-order valence-electron chi connectivity index (χ2n) is 6.28.